The third kappa shape index (κ3) is 2.75. The molecule has 9 atom stereocenters. The van der Waals surface area contributed by atoms with Crippen LogP contribution in [-0.2, 0) is 18.9 Å². The van der Waals surface area contributed by atoms with Crippen LogP contribution >= 0.6 is 0 Å². The van der Waals surface area contributed by atoms with Gasteiger partial charge in [0.1, 0.15) is 0 Å². The summed E-state index contributed by atoms with van der Waals surface area (Å²) in [6, 6.07) is 0. The van der Waals surface area contributed by atoms with E-state index in [4.69, 9.17) is 18.9 Å². The van der Waals surface area contributed by atoms with E-state index >= 15 is 0 Å². The fraction of sp³-hybridized carbons (Fsp3) is 1.00. The van der Waals surface area contributed by atoms with Gasteiger partial charge in [0.25, 0.3) is 0 Å². The molecule has 0 aromatic rings. The Morgan fingerprint density at radius 2 is 1.79 bits per heavy atom. The predicted octanol–water partition coefficient (Wildman–Crippen LogP) is 1.47. The molecular formula is C22H38O7. The van der Waals surface area contributed by atoms with Crippen LogP contribution < -0.4 is 0 Å². The van der Waals surface area contributed by atoms with Crippen molar-refractivity contribution in [3.63, 3.8) is 0 Å². The molecular weight excluding hydrogens is 376 g/mol. The summed E-state index contributed by atoms with van der Waals surface area (Å²) in [5, 5.41) is 33.7. The largest absolute Gasteiger partial charge is 0.390 e. The zero-order chi connectivity index (χ0) is 21.4. The Morgan fingerprint density at radius 3 is 2.38 bits per heavy atom. The van der Waals surface area contributed by atoms with Crippen LogP contribution in [0, 0.1) is 22.2 Å². The number of hydrogen-bond acceptors (Lipinski definition) is 7. The van der Waals surface area contributed by atoms with Gasteiger partial charge in [-0.15, -0.1) is 0 Å². The number of rotatable bonds is 6. The van der Waals surface area contributed by atoms with Gasteiger partial charge in [-0.3, -0.25) is 0 Å². The second-order valence-corrected chi connectivity index (χ2v) is 11.1. The molecule has 0 bridgehead atoms. The van der Waals surface area contributed by atoms with Crippen molar-refractivity contribution >= 4 is 0 Å². The molecule has 3 N–H and O–H groups in total. The van der Waals surface area contributed by atoms with Crippen LogP contribution in [0.25, 0.3) is 0 Å². The molecule has 4 fully saturated rings. The van der Waals surface area contributed by atoms with E-state index in [1.54, 1.807) is 13.8 Å². The van der Waals surface area contributed by atoms with E-state index in [1.807, 2.05) is 6.92 Å². The molecule has 0 amide bonds. The van der Waals surface area contributed by atoms with Gasteiger partial charge in [0.15, 0.2) is 6.29 Å². The molecule has 1 saturated carbocycles. The summed E-state index contributed by atoms with van der Waals surface area (Å²) < 4.78 is 24.6. The highest BCUT2D eigenvalue weighted by atomic mass is 16.7. The molecule has 3 aliphatic heterocycles. The molecule has 4 rings (SSSR count). The summed E-state index contributed by atoms with van der Waals surface area (Å²) in [6.45, 7) is 12.8. The molecule has 7 nitrogen and oxygen atoms in total. The second-order valence-electron chi connectivity index (χ2n) is 11.1. The van der Waals surface area contributed by atoms with Crippen molar-refractivity contribution in [2.75, 3.05) is 19.8 Å². The Balaban J connectivity index is 1.85. The van der Waals surface area contributed by atoms with Crippen LogP contribution in [0.1, 0.15) is 54.4 Å². The molecule has 0 radical (unpaired) electrons. The van der Waals surface area contributed by atoms with Crippen LogP contribution in [-0.4, -0.2) is 77.6 Å². The van der Waals surface area contributed by atoms with Gasteiger partial charge in [0.05, 0.1) is 54.7 Å². The summed E-state index contributed by atoms with van der Waals surface area (Å²) in [4.78, 5) is 0. The van der Waals surface area contributed by atoms with Gasteiger partial charge in [-0.2, -0.15) is 0 Å². The van der Waals surface area contributed by atoms with E-state index in [2.05, 4.69) is 20.8 Å². The van der Waals surface area contributed by atoms with Crippen molar-refractivity contribution in [1.29, 1.82) is 0 Å². The van der Waals surface area contributed by atoms with E-state index in [1.165, 1.54) is 0 Å². The summed E-state index contributed by atoms with van der Waals surface area (Å²) >= 11 is 0. The normalized spacial score (nSPS) is 47.5. The van der Waals surface area contributed by atoms with Gasteiger partial charge in [-0.25, -0.2) is 0 Å². The Morgan fingerprint density at radius 1 is 1.10 bits per heavy atom. The van der Waals surface area contributed by atoms with Crippen LogP contribution in [0.4, 0.5) is 0 Å². The fourth-order valence-electron chi connectivity index (χ4n) is 7.04. The summed E-state index contributed by atoms with van der Waals surface area (Å²) in [5.41, 5.74) is -2.89. The summed E-state index contributed by atoms with van der Waals surface area (Å²) in [5.74, 6) is -0.276. The van der Waals surface area contributed by atoms with E-state index in [0.717, 1.165) is 6.42 Å². The van der Waals surface area contributed by atoms with E-state index in [-0.39, 0.29) is 24.0 Å². The highest BCUT2D eigenvalue weighted by Crippen LogP contribution is 2.75. The van der Waals surface area contributed by atoms with Crippen LogP contribution in [0.15, 0.2) is 0 Å². The summed E-state index contributed by atoms with van der Waals surface area (Å²) in [7, 11) is 0. The van der Waals surface area contributed by atoms with Gasteiger partial charge in [-0.1, -0.05) is 27.7 Å². The van der Waals surface area contributed by atoms with Crippen molar-refractivity contribution in [1.82, 2.24) is 0 Å². The van der Waals surface area contributed by atoms with E-state index < -0.39 is 47.1 Å². The lowest BCUT2D eigenvalue weighted by Gasteiger charge is -2.49. The first-order chi connectivity index (χ1) is 13.4. The fourth-order valence-corrected chi connectivity index (χ4v) is 7.04. The first kappa shape index (κ1) is 21.9. The first-order valence-electron chi connectivity index (χ1n) is 11.0. The number of ether oxygens (including phenoxy) is 4. The Kier molecular flexibility index (Phi) is 5.19. The maximum Gasteiger partial charge on any atom is 0.167 e. The lowest BCUT2D eigenvalue weighted by Crippen LogP contribution is -2.58. The smallest absolute Gasteiger partial charge is 0.167 e. The van der Waals surface area contributed by atoms with Crippen LogP contribution in [0.5, 0.6) is 0 Å². The van der Waals surface area contributed by atoms with Gasteiger partial charge in [0, 0.05) is 17.9 Å². The first-order valence-corrected chi connectivity index (χ1v) is 11.0. The van der Waals surface area contributed by atoms with Crippen LogP contribution in [0.3, 0.4) is 0 Å². The van der Waals surface area contributed by atoms with Crippen molar-refractivity contribution in [3.8, 4) is 0 Å². The second kappa shape index (κ2) is 6.86. The molecule has 6 unspecified atom stereocenters. The molecule has 168 valence electrons. The Labute approximate surface area is 173 Å². The molecule has 0 aromatic heterocycles. The minimum Gasteiger partial charge on any atom is -0.390 e. The van der Waals surface area contributed by atoms with Crippen molar-refractivity contribution in [2.45, 2.75) is 96.8 Å². The monoisotopic (exact) mass is 414 g/mol. The van der Waals surface area contributed by atoms with Gasteiger partial charge < -0.3 is 34.3 Å². The van der Waals surface area contributed by atoms with Gasteiger partial charge in [0.2, 0.25) is 0 Å². The van der Waals surface area contributed by atoms with E-state index in [0.29, 0.717) is 19.6 Å². The third-order valence-electron chi connectivity index (χ3n) is 7.88. The lowest BCUT2D eigenvalue weighted by molar-refractivity contribution is -0.166. The molecule has 29 heavy (non-hydrogen) atoms. The maximum absolute atomic E-state index is 11.5. The number of aliphatic hydroxyl groups is 3. The average molecular weight is 415 g/mol. The molecule has 1 aliphatic carbocycles. The van der Waals surface area contributed by atoms with Crippen molar-refractivity contribution in [2.24, 2.45) is 22.2 Å². The molecule has 0 aromatic carbocycles. The van der Waals surface area contributed by atoms with Gasteiger partial charge in [-0.05, 0) is 32.1 Å². The standard InChI is InChI=1S/C22H38O7/c1-7-8-26-13(20(5,6)25)9-21-14-11-27-17(21)15(24)16(19(2,3)4)22(21)12(23)10-28-18(22)29-14/h12-18,23-25H,7-11H2,1-6H3/t12-,13?,14?,15+,16-,17?,18?,21?,22?/m0/s1. The van der Waals surface area contributed by atoms with Crippen LogP contribution in [0.2, 0.25) is 0 Å². The zero-order valence-electron chi connectivity index (χ0n) is 18.6. The number of aliphatic hydroxyl groups excluding tert-OH is 2. The molecule has 7 heteroatoms. The molecule has 3 heterocycles. The Hall–Kier alpha value is -0.280. The molecule has 1 spiro atoms. The minimum absolute atomic E-state index is 0.175. The SMILES string of the molecule is CCCOC(CC12C3COC1[C@H](O)[C@@H](C(C)(C)C)C21C(OC[C@@H]1O)O3)C(C)(C)O. The molecule has 4 aliphatic rings. The Bertz CT molecular complexity index is 626. The van der Waals surface area contributed by atoms with Crippen molar-refractivity contribution in [3.05, 3.63) is 0 Å². The third-order valence-corrected chi connectivity index (χ3v) is 7.88. The lowest BCUT2D eigenvalue weighted by atomic mass is 9.53. The maximum atomic E-state index is 11.5. The quantitative estimate of drug-likeness (QED) is 0.605. The van der Waals surface area contributed by atoms with E-state index in [9.17, 15) is 15.3 Å². The van der Waals surface area contributed by atoms with Crippen molar-refractivity contribution < 1.29 is 34.3 Å². The van der Waals surface area contributed by atoms with Gasteiger partial charge >= 0.3 is 0 Å². The summed E-state index contributed by atoms with van der Waals surface area (Å²) in [6.07, 6.45) is -2.14. The topological polar surface area (TPSA) is 97.6 Å². The average Bonchev–Trinajstić information content (AvgIpc) is 3.23. The molecule has 3 saturated heterocycles. The predicted molar refractivity (Wildman–Crippen MR) is 105 cm³/mol. The minimum atomic E-state index is -1.09. The number of hydrogen-bond donors (Lipinski definition) is 3. The zero-order valence-corrected chi connectivity index (χ0v) is 18.6. The highest BCUT2D eigenvalue weighted by Gasteiger charge is 2.86. The highest BCUT2D eigenvalue weighted by molar-refractivity contribution is 5.30.